The molecule has 1 aromatic rings. The van der Waals surface area contributed by atoms with E-state index in [1.54, 1.807) is 24.3 Å². The molecule has 0 spiro atoms. The highest BCUT2D eigenvalue weighted by atomic mass is 32.2. The lowest BCUT2D eigenvalue weighted by Gasteiger charge is -2.25. The zero-order valence-electron chi connectivity index (χ0n) is 19.4. The first-order valence-corrected chi connectivity index (χ1v) is 13.5. The molecule has 1 aromatic carbocycles. The fourth-order valence-corrected chi connectivity index (χ4v) is 3.91. The summed E-state index contributed by atoms with van der Waals surface area (Å²) in [7, 11) is 0. The molecule has 34 heavy (non-hydrogen) atoms. The maximum atomic E-state index is 13.0. The predicted octanol–water partition coefficient (Wildman–Crippen LogP) is -0.406. The highest BCUT2D eigenvalue weighted by Gasteiger charge is 2.30. The van der Waals surface area contributed by atoms with Gasteiger partial charge in [0.05, 0.1) is 6.61 Å². The standard InChI is InChI=1S/C22H34N4O6S2/c1-33-10-8-16(24-19(28)15(23)13-27)20(29)25-17(9-11-34-2)21(30)26-18(22(31)32)12-14-6-4-3-5-7-14/h3-7,15-18,27H,8-13,23H2,1-2H3,(H,24,28)(H,25,29)(H,26,30)(H,31,32). The molecule has 4 atom stereocenters. The quantitative estimate of drug-likeness (QED) is 0.172. The van der Waals surface area contributed by atoms with E-state index in [1.807, 2.05) is 18.6 Å². The zero-order chi connectivity index (χ0) is 25.5. The van der Waals surface area contributed by atoms with E-state index in [2.05, 4.69) is 16.0 Å². The van der Waals surface area contributed by atoms with Crippen LogP contribution in [-0.2, 0) is 25.6 Å². The molecule has 0 saturated carbocycles. The Morgan fingerprint density at radius 1 is 0.853 bits per heavy atom. The minimum Gasteiger partial charge on any atom is -0.480 e. The predicted molar refractivity (Wildman–Crippen MR) is 135 cm³/mol. The number of carbonyl (C=O) groups is 4. The number of rotatable bonds is 16. The Balaban J connectivity index is 2.94. The van der Waals surface area contributed by atoms with Gasteiger partial charge in [-0.3, -0.25) is 14.4 Å². The topological polar surface area (TPSA) is 171 Å². The second-order valence-electron chi connectivity index (χ2n) is 7.56. The number of carboxylic acids is 1. The summed E-state index contributed by atoms with van der Waals surface area (Å²) in [5.74, 6) is -1.95. The van der Waals surface area contributed by atoms with Crippen LogP contribution in [0.4, 0.5) is 0 Å². The van der Waals surface area contributed by atoms with Gasteiger partial charge in [0, 0.05) is 6.42 Å². The molecular weight excluding hydrogens is 480 g/mol. The molecule has 0 fully saturated rings. The zero-order valence-corrected chi connectivity index (χ0v) is 21.0. The van der Waals surface area contributed by atoms with Gasteiger partial charge in [0.25, 0.3) is 0 Å². The van der Waals surface area contributed by atoms with Crippen molar-refractivity contribution in [2.75, 3.05) is 30.6 Å². The number of nitrogens with one attached hydrogen (secondary N) is 3. The fraction of sp³-hybridized carbons (Fsp3) is 0.545. The van der Waals surface area contributed by atoms with Crippen molar-refractivity contribution in [3.8, 4) is 0 Å². The van der Waals surface area contributed by atoms with E-state index in [9.17, 15) is 24.3 Å². The Hall–Kier alpha value is -2.28. The molecule has 4 unspecified atom stereocenters. The number of benzene rings is 1. The molecule has 0 aliphatic carbocycles. The molecule has 10 nitrogen and oxygen atoms in total. The van der Waals surface area contributed by atoms with Crippen molar-refractivity contribution < 1.29 is 29.4 Å². The molecule has 0 aromatic heterocycles. The van der Waals surface area contributed by atoms with E-state index in [0.717, 1.165) is 5.56 Å². The van der Waals surface area contributed by atoms with Crippen molar-refractivity contribution in [1.29, 1.82) is 0 Å². The van der Waals surface area contributed by atoms with Gasteiger partial charge in [-0.2, -0.15) is 23.5 Å². The summed E-state index contributed by atoms with van der Waals surface area (Å²) in [4.78, 5) is 49.8. The van der Waals surface area contributed by atoms with Crippen LogP contribution in [0.3, 0.4) is 0 Å². The van der Waals surface area contributed by atoms with Crippen molar-refractivity contribution in [2.45, 2.75) is 43.4 Å². The SMILES string of the molecule is CSCCC(NC(=O)C(N)CO)C(=O)NC(CCSC)C(=O)NC(Cc1ccccc1)C(=O)O. The van der Waals surface area contributed by atoms with Gasteiger partial charge in [-0.05, 0) is 42.4 Å². The highest BCUT2D eigenvalue weighted by molar-refractivity contribution is 7.98. The van der Waals surface area contributed by atoms with E-state index < -0.39 is 54.5 Å². The van der Waals surface area contributed by atoms with E-state index >= 15 is 0 Å². The molecule has 1 rings (SSSR count). The van der Waals surface area contributed by atoms with Crippen LogP contribution in [0.5, 0.6) is 0 Å². The van der Waals surface area contributed by atoms with E-state index in [4.69, 9.17) is 10.8 Å². The normalized spacial score (nSPS) is 14.4. The van der Waals surface area contributed by atoms with Crippen LogP contribution in [0.25, 0.3) is 0 Å². The molecule has 190 valence electrons. The number of carboxylic acid groups (broad SMARTS) is 1. The molecule has 0 aliphatic heterocycles. The largest absolute Gasteiger partial charge is 0.480 e. The summed E-state index contributed by atoms with van der Waals surface area (Å²) in [6.07, 6.45) is 4.36. The molecular formula is C22H34N4O6S2. The third-order valence-electron chi connectivity index (χ3n) is 4.92. The van der Waals surface area contributed by atoms with Gasteiger partial charge in [-0.1, -0.05) is 30.3 Å². The van der Waals surface area contributed by atoms with Crippen molar-refractivity contribution in [2.24, 2.45) is 5.73 Å². The lowest BCUT2D eigenvalue weighted by Crippen LogP contribution is -2.57. The Morgan fingerprint density at radius 3 is 1.76 bits per heavy atom. The van der Waals surface area contributed by atoms with E-state index in [1.165, 1.54) is 23.5 Å². The summed E-state index contributed by atoms with van der Waals surface area (Å²) in [6, 6.07) is 4.63. The van der Waals surface area contributed by atoms with Crippen LogP contribution < -0.4 is 21.7 Å². The number of carbonyl (C=O) groups excluding carboxylic acids is 3. The fourth-order valence-electron chi connectivity index (χ4n) is 2.97. The van der Waals surface area contributed by atoms with Crippen LogP contribution >= 0.6 is 23.5 Å². The summed E-state index contributed by atoms with van der Waals surface area (Å²) in [6.45, 7) is -0.570. The molecule has 0 radical (unpaired) electrons. The van der Waals surface area contributed by atoms with Crippen molar-refractivity contribution in [3.05, 3.63) is 35.9 Å². The number of nitrogens with two attached hydrogens (primary N) is 1. The van der Waals surface area contributed by atoms with E-state index in [-0.39, 0.29) is 12.8 Å². The lowest BCUT2D eigenvalue weighted by molar-refractivity contribution is -0.142. The number of amides is 3. The number of aliphatic hydroxyl groups excluding tert-OH is 1. The van der Waals surface area contributed by atoms with Crippen LogP contribution in [0.1, 0.15) is 18.4 Å². The number of hydrogen-bond acceptors (Lipinski definition) is 8. The molecule has 0 bridgehead atoms. The van der Waals surface area contributed by atoms with Gasteiger partial charge < -0.3 is 31.9 Å². The summed E-state index contributed by atoms with van der Waals surface area (Å²) >= 11 is 2.96. The van der Waals surface area contributed by atoms with Crippen LogP contribution in [0.2, 0.25) is 0 Å². The van der Waals surface area contributed by atoms with Crippen LogP contribution in [-0.4, -0.2) is 88.7 Å². The molecule has 12 heteroatoms. The van der Waals surface area contributed by atoms with Gasteiger partial charge >= 0.3 is 5.97 Å². The second kappa shape index (κ2) is 16.4. The van der Waals surface area contributed by atoms with Crippen LogP contribution in [0.15, 0.2) is 30.3 Å². The average Bonchev–Trinajstić information content (AvgIpc) is 2.83. The van der Waals surface area contributed by atoms with Gasteiger partial charge in [-0.25, -0.2) is 4.79 Å². The Kier molecular flexibility index (Phi) is 14.3. The third kappa shape index (κ3) is 10.8. The van der Waals surface area contributed by atoms with Gasteiger partial charge in [0.15, 0.2) is 0 Å². The molecule has 3 amide bonds. The molecule has 7 N–H and O–H groups in total. The monoisotopic (exact) mass is 514 g/mol. The first-order chi connectivity index (χ1) is 16.2. The molecule has 0 aliphatic rings. The minimum atomic E-state index is -1.18. The highest BCUT2D eigenvalue weighted by Crippen LogP contribution is 2.08. The van der Waals surface area contributed by atoms with Crippen molar-refractivity contribution in [3.63, 3.8) is 0 Å². The Bertz CT molecular complexity index is 799. The number of thioether (sulfide) groups is 2. The van der Waals surface area contributed by atoms with Gasteiger partial charge in [0.2, 0.25) is 17.7 Å². The summed E-state index contributed by atoms with van der Waals surface area (Å²) < 4.78 is 0. The van der Waals surface area contributed by atoms with Gasteiger partial charge in [-0.15, -0.1) is 0 Å². The van der Waals surface area contributed by atoms with Gasteiger partial charge in [0.1, 0.15) is 24.2 Å². The number of hydrogen-bond donors (Lipinski definition) is 6. The maximum absolute atomic E-state index is 13.0. The Morgan fingerprint density at radius 2 is 1.32 bits per heavy atom. The number of aliphatic carboxylic acids is 1. The smallest absolute Gasteiger partial charge is 0.326 e. The average molecular weight is 515 g/mol. The minimum absolute atomic E-state index is 0.0938. The van der Waals surface area contributed by atoms with Crippen LogP contribution in [0, 0.1) is 0 Å². The Labute approximate surface area is 208 Å². The van der Waals surface area contributed by atoms with Crippen molar-refractivity contribution in [1.82, 2.24) is 16.0 Å². The van der Waals surface area contributed by atoms with E-state index in [0.29, 0.717) is 17.9 Å². The first-order valence-electron chi connectivity index (χ1n) is 10.8. The lowest BCUT2D eigenvalue weighted by atomic mass is 10.0. The third-order valence-corrected chi connectivity index (χ3v) is 6.21. The summed E-state index contributed by atoms with van der Waals surface area (Å²) in [5, 5.41) is 26.4. The second-order valence-corrected chi connectivity index (χ2v) is 9.53. The number of aliphatic hydroxyl groups is 1. The molecule has 0 saturated heterocycles. The summed E-state index contributed by atoms with van der Waals surface area (Å²) in [5.41, 5.74) is 6.28. The maximum Gasteiger partial charge on any atom is 0.326 e. The van der Waals surface area contributed by atoms with Crippen molar-refractivity contribution >= 4 is 47.2 Å². The first kappa shape index (κ1) is 29.8. The molecule has 0 heterocycles.